The van der Waals surface area contributed by atoms with Crippen molar-refractivity contribution in [3.8, 4) is 11.5 Å². The van der Waals surface area contributed by atoms with E-state index in [9.17, 15) is 4.39 Å². The molecule has 0 amide bonds. The van der Waals surface area contributed by atoms with Gasteiger partial charge >= 0.3 is 0 Å². The predicted octanol–water partition coefficient (Wildman–Crippen LogP) is 3.85. The summed E-state index contributed by atoms with van der Waals surface area (Å²) < 4.78 is 18.4. The molecule has 1 aromatic carbocycles. The van der Waals surface area contributed by atoms with Crippen molar-refractivity contribution in [3.63, 3.8) is 0 Å². The van der Waals surface area contributed by atoms with Gasteiger partial charge < -0.3 is 10.3 Å². The number of rotatable bonds is 3. The molecule has 108 valence electrons. The third-order valence-corrected chi connectivity index (χ3v) is 4.22. The zero-order valence-corrected chi connectivity index (χ0v) is 12.4. The summed E-state index contributed by atoms with van der Waals surface area (Å²) in [5.41, 5.74) is 7.04. The van der Waals surface area contributed by atoms with Crippen molar-refractivity contribution >= 4 is 16.3 Å². The summed E-state index contributed by atoms with van der Waals surface area (Å²) in [6.45, 7) is 3.93. The Hall–Kier alpha value is -2.21. The molecule has 0 bridgehead atoms. The monoisotopic (exact) mass is 303 g/mol. The molecule has 0 aliphatic rings. The molecule has 2 heterocycles. The van der Waals surface area contributed by atoms with E-state index in [2.05, 4.69) is 10.1 Å². The van der Waals surface area contributed by atoms with Crippen molar-refractivity contribution < 1.29 is 8.91 Å². The second kappa shape index (κ2) is 4.96. The highest BCUT2D eigenvalue weighted by Gasteiger charge is 2.29. The van der Waals surface area contributed by atoms with Crippen molar-refractivity contribution in [2.75, 3.05) is 5.73 Å². The Kier molecular flexibility index (Phi) is 3.25. The average Bonchev–Trinajstić information content (AvgIpc) is 3.07. The van der Waals surface area contributed by atoms with Gasteiger partial charge in [-0.1, -0.05) is 17.3 Å². The molecule has 0 radical (unpaired) electrons. The van der Waals surface area contributed by atoms with Gasteiger partial charge in [0.05, 0.1) is 16.0 Å². The van der Waals surface area contributed by atoms with Gasteiger partial charge in [0.2, 0.25) is 0 Å². The number of nitrogen functional groups attached to an aromatic ring is 1. The van der Waals surface area contributed by atoms with Crippen molar-refractivity contribution in [2.24, 2.45) is 0 Å². The van der Waals surface area contributed by atoms with Gasteiger partial charge in [0.1, 0.15) is 5.82 Å². The molecule has 4 nitrogen and oxygen atoms in total. The van der Waals surface area contributed by atoms with Crippen LogP contribution in [-0.4, -0.2) is 10.1 Å². The Morgan fingerprint density at radius 1 is 1.19 bits per heavy atom. The highest BCUT2D eigenvalue weighted by atomic mass is 32.1. The highest BCUT2D eigenvalue weighted by molar-refractivity contribution is 7.14. The van der Waals surface area contributed by atoms with Crippen molar-refractivity contribution in [1.82, 2.24) is 10.1 Å². The first-order valence-electron chi connectivity index (χ1n) is 6.42. The Morgan fingerprint density at radius 2 is 1.90 bits per heavy atom. The minimum absolute atomic E-state index is 0.269. The predicted molar refractivity (Wildman–Crippen MR) is 80.6 cm³/mol. The molecule has 2 aromatic heterocycles. The number of nitrogens with two attached hydrogens (primary N) is 1. The second-order valence-corrected chi connectivity index (χ2v) is 6.20. The van der Waals surface area contributed by atoms with Crippen molar-refractivity contribution in [2.45, 2.75) is 19.3 Å². The molecule has 0 unspecified atom stereocenters. The number of aromatic nitrogens is 2. The Balaban J connectivity index is 1.98. The molecule has 0 atom stereocenters. The van der Waals surface area contributed by atoms with Crippen LogP contribution in [-0.2, 0) is 5.41 Å². The van der Waals surface area contributed by atoms with Gasteiger partial charge in [0, 0.05) is 0 Å². The number of nitrogens with zero attached hydrogens (tertiary/aromatic N) is 2. The van der Waals surface area contributed by atoms with Crippen LogP contribution < -0.4 is 5.73 Å². The summed E-state index contributed by atoms with van der Waals surface area (Å²) in [7, 11) is 0. The van der Waals surface area contributed by atoms with Gasteiger partial charge in [-0.15, -0.1) is 11.3 Å². The van der Waals surface area contributed by atoms with Crippen molar-refractivity contribution in [3.05, 3.63) is 52.9 Å². The lowest BCUT2D eigenvalue weighted by atomic mass is 9.84. The van der Waals surface area contributed by atoms with Crippen LogP contribution in [0, 0.1) is 5.82 Å². The Labute approximate surface area is 125 Å². The maximum atomic E-state index is 13.0. The van der Waals surface area contributed by atoms with E-state index in [1.807, 2.05) is 25.3 Å². The van der Waals surface area contributed by atoms with Gasteiger partial charge in [-0.3, -0.25) is 0 Å². The largest absolute Gasteiger partial charge is 0.390 e. The molecule has 0 aliphatic heterocycles. The molecule has 0 spiro atoms. The van der Waals surface area contributed by atoms with Crippen LogP contribution in [0.1, 0.15) is 25.2 Å². The summed E-state index contributed by atoms with van der Waals surface area (Å²) in [5.74, 6) is 0.669. The first-order valence-corrected chi connectivity index (χ1v) is 7.30. The summed E-state index contributed by atoms with van der Waals surface area (Å²) in [4.78, 5) is 4.44. The summed E-state index contributed by atoms with van der Waals surface area (Å²) in [6.07, 6.45) is 0. The van der Waals surface area contributed by atoms with Crippen LogP contribution in [0.5, 0.6) is 0 Å². The fourth-order valence-corrected chi connectivity index (χ4v) is 2.71. The van der Waals surface area contributed by atoms with Crippen LogP contribution in [0.3, 0.4) is 0 Å². The van der Waals surface area contributed by atoms with E-state index >= 15 is 0 Å². The number of hydrogen-bond acceptors (Lipinski definition) is 5. The number of hydrogen-bond donors (Lipinski definition) is 1. The summed E-state index contributed by atoms with van der Waals surface area (Å²) >= 11 is 1.42. The van der Waals surface area contributed by atoms with E-state index < -0.39 is 5.41 Å². The molecule has 0 aliphatic carbocycles. The molecule has 3 rings (SSSR count). The lowest BCUT2D eigenvalue weighted by molar-refractivity contribution is 0.408. The maximum Gasteiger partial charge on any atom is 0.260 e. The SMILES string of the molecule is CC(C)(c1ccc(F)cc1)c1noc(-c2ccsc2N)n1. The zero-order valence-electron chi connectivity index (χ0n) is 11.6. The van der Waals surface area contributed by atoms with E-state index in [0.717, 1.165) is 11.1 Å². The zero-order chi connectivity index (χ0) is 15.0. The number of thiophene rings is 1. The molecule has 0 saturated heterocycles. The molecular formula is C15H14FN3OS. The van der Waals surface area contributed by atoms with Gasteiger partial charge in [0.25, 0.3) is 5.89 Å². The number of anilines is 1. The quantitative estimate of drug-likeness (QED) is 0.798. The van der Waals surface area contributed by atoms with Gasteiger partial charge in [-0.05, 0) is 43.0 Å². The fraction of sp³-hybridized carbons (Fsp3) is 0.200. The Morgan fingerprint density at radius 3 is 2.52 bits per heavy atom. The van der Waals surface area contributed by atoms with Gasteiger partial charge in [-0.25, -0.2) is 4.39 Å². The van der Waals surface area contributed by atoms with E-state index in [0.29, 0.717) is 16.7 Å². The standard InChI is InChI=1S/C15H14FN3OS/c1-15(2,9-3-5-10(16)6-4-9)14-18-13(20-19-14)11-7-8-21-12(11)17/h3-8H,17H2,1-2H3. The summed E-state index contributed by atoms with van der Waals surface area (Å²) in [6, 6.07) is 8.15. The topological polar surface area (TPSA) is 64.9 Å². The molecular weight excluding hydrogens is 289 g/mol. The molecule has 21 heavy (non-hydrogen) atoms. The van der Waals surface area contributed by atoms with Crippen LogP contribution in [0.2, 0.25) is 0 Å². The minimum Gasteiger partial charge on any atom is -0.390 e. The molecule has 0 fully saturated rings. The van der Waals surface area contributed by atoms with Gasteiger partial charge in [-0.2, -0.15) is 4.98 Å². The first-order chi connectivity index (χ1) is 9.98. The van der Waals surface area contributed by atoms with Gasteiger partial charge in [0.15, 0.2) is 5.82 Å². The third-order valence-electron chi connectivity index (χ3n) is 3.48. The number of benzene rings is 1. The number of halogens is 1. The smallest absolute Gasteiger partial charge is 0.260 e. The lowest BCUT2D eigenvalue weighted by Gasteiger charge is -2.20. The van der Waals surface area contributed by atoms with Crippen molar-refractivity contribution in [1.29, 1.82) is 0 Å². The second-order valence-electron chi connectivity index (χ2n) is 5.25. The van der Waals surface area contributed by atoms with Crippen LogP contribution >= 0.6 is 11.3 Å². The fourth-order valence-electron chi connectivity index (χ4n) is 2.08. The lowest BCUT2D eigenvalue weighted by Crippen LogP contribution is -2.20. The Bertz CT molecular complexity index is 761. The van der Waals surface area contributed by atoms with Crippen LogP contribution in [0.25, 0.3) is 11.5 Å². The minimum atomic E-state index is -0.486. The molecule has 6 heteroatoms. The normalized spacial score (nSPS) is 11.8. The summed E-state index contributed by atoms with van der Waals surface area (Å²) in [5, 5.41) is 6.57. The first kappa shape index (κ1) is 13.8. The third kappa shape index (κ3) is 2.42. The maximum absolute atomic E-state index is 13.0. The van der Waals surface area contributed by atoms with E-state index in [1.54, 1.807) is 12.1 Å². The van der Waals surface area contributed by atoms with Crippen LogP contribution in [0.15, 0.2) is 40.2 Å². The van der Waals surface area contributed by atoms with E-state index in [4.69, 9.17) is 10.3 Å². The molecule has 2 N–H and O–H groups in total. The molecule has 0 saturated carbocycles. The molecule has 3 aromatic rings. The highest BCUT2D eigenvalue weighted by Crippen LogP contribution is 2.33. The van der Waals surface area contributed by atoms with Crippen LogP contribution in [0.4, 0.5) is 9.39 Å². The average molecular weight is 303 g/mol. The van der Waals surface area contributed by atoms with E-state index in [-0.39, 0.29) is 5.82 Å². The van der Waals surface area contributed by atoms with E-state index in [1.165, 1.54) is 23.5 Å².